The summed E-state index contributed by atoms with van der Waals surface area (Å²) in [4.78, 5) is 25.1. The maximum absolute atomic E-state index is 11.0. The van der Waals surface area contributed by atoms with Crippen LogP contribution in [0.5, 0.6) is 0 Å². The molecule has 0 aliphatic carbocycles. The first kappa shape index (κ1) is 8.45. The van der Waals surface area contributed by atoms with E-state index in [0.717, 1.165) is 6.07 Å². The van der Waals surface area contributed by atoms with Gasteiger partial charge >= 0.3 is 5.97 Å². The molecule has 0 saturated heterocycles. The average molecular weight is 168 g/mol. The number of carboxylic acids is 1. The van der Waals surface area contributed by atoms with E-state index in [0.29, 0.717) is 5.82 Å². The van der Waals surface area contributed by atoms with Gasteiger partial charge in [-0.1, -0.05) is 0 Å². The van der Waals surface area contributed by atoms with Crippen LogP contribution in [0.25, 0.3) is 0 Å². The zero-order valence-corrected chi connectivity index (χ0v) is 6.74. The number of hydrogen-bond donors (Lipinski definition) is 1. The first-order valence-electron chi connectivity index (χ1n) is 3.30. The maximum atomic E-state index is 11.0. The normalized spacial score (nSPS) is 9.83. The number of aromatic carboxylic acids is 1. The summed E-state index contributed by atoms with van der Waals surface area (Å²) in [5, 5.41) is 8.51. The minimum atomic E-state index is -1.18. The van der Waals surface area contributed by atoms with Crippen molar-refractivity contribution in [3.63, 3.8) is 0 Å². The van der Waals surface area contributed by atoms with Gasteiger partial charge in [0.25, 0.3) is 5.56 Å². The van der Waals surface area contributed by atoms with Crippen LogP contribution in [-0.2, 0) is 7.05 Å². The lowest BCUT2D eigenvalue weighted by Gasteiger charge is -2.01. The molecule has 1 aromatic rings. The molecule has 1 rings (SSSR count). The van der Waals surface area contributed by atoms with E-state index in [1.807, 2.05) is 0 Å². The second-order valence-electron chi connectivity index (χ2n) is 2.39. The number of aromatic nitrogens is 2. The van der Waals surface area contributed by atoms with E-state index >= 15 is 0 Å². The molecule has 64 valence electrons. The van der Waals surface area contributed by atoms with Crippen molar-refractivity contribution in [2.75, 3.05) is 0 Å². The average Bonchev–Trinajstić information content (AvgIpc) is 1.99. The van der Waals surface area contributed by atoms with Gasteiger partial charge in [0.05, 0.1) is 0 Å². The van der Waals surface area contributed by atoms with E-state index in [9.17, 15) is 9.59 Å². The number of hydrogen-bond acceptors (Lipinski definition) is 3. The van der Waals surface area contributed by atoms with E-state index in [4.69, 9.17) is 5.11 Å². The summed E-state index contributed by atoms with van der Waals surface area (Å²) in [6.45, 7) is 1.58. The third kappa shape index (κ3) is 1.34. The number of carboxylic acid groups (broad SMARTS) is 1. The van der Waals surface area contributed by atoms with Crippen LogP contribution >= 0.6 is 0 Å². The van der Waals surface area contributed by atoms with E-state index in [2.05, 4.69) is 4.98 Å². The molecular formula is C7H8N2O3. The van der Waals surface area contributed by atoms with Crippen LogP contribution in [0.2, 0.25) is 0 Å². The molecule has 0 atom stereocenters. The van der Waals surface area contributed by atoms with Crippen LogP contribution in [0.3, 0.4) is 0 Å². The lowest BCUT2D eigenvalue weighted by molar-refractivity contribution is 0.0689. The largest absolute Gasteiger partial charge is 0.477 e. The molecule has 1 heterocycles. The van der Waals surface area contributed by atoms with Gasteiger partial charge in [0.1, 0.15) is 5.82 Å². The molecule has 0 unspecified atom stereocenters. The lowest BCUT2D eigenvalue weighted by Crippen LogP contribution is -2.22. The Kier molecular flexibility index (Phi) is 1.95. The van der Waals surface area contributed by atoms with Gasteiger partial charge in [-0.25, -0.2) is 9.78 Å². The molecular weight excluding hydrogens is 160 g/mol. The fraction of sp³-hybridized carbons (Fsp3) is 0.286. The van der Waals surface area contributed by atoms with Gasteiger partial charge in [-0.3, -0.25) is 4.79 Å². The minimum Gasteiger partial charge on any atom is -0.477 e. The summed E-state index contributed by atoms with van der Waals surface area (Å²) in [6, 6.07) is 0.995. The van der Waals surface area contributed by atoms with Gasteiger partial charge in [-0.2, -0.15) is 0 Å². The van der Waals surface area contributed by atoms with Crippen molar-refractivity contribution >= 4 is 5.97 Å². The highest BCUT2D eigenvalue weighted by molar-refractivity contribution is 5.85. The second-order valence-corrected chi connectivity index (χ2v) is 2.39. The van der Waals surface area contributed by atoms with Gasteiger partial charge < -0.3 is 9.67 Å². The predicted octanol–water partition coefficient (Wildman–Crippen LogP) is -0.213. The monoisotopic (exact) mass is 168 g/mol. The summed E-state index contributed by atoms with van der Waals surface area (Å²) in [7, 11) is 1.54. The smallest absolute Gasteiger partial charge is 0.354 e. The fourth-order valence-electron chi connectivity index (χ4n) is 0.764. The molecule has 0 spiro atoms. The van der Waals surface area contributed by atoms with Crippen LogP contribution < -0.4 is 5.56 Å². The molecule has 0 fully saturated rings. The van der Waals surface area contributed by atoms with Crippen molar-refractivity contribution in [3.8, 4) is 0 Å². The summed E-state index contributed by atoms with van der Waals surface area (Å²) >= 11 is 0. The minimum absolute atomic E-state index is 0.212. The SMILES string of the molecule is Cc1nc(C(=O)O)cc(=O)n1C. The van der Waals surface area contributed by atoms with Gasteiger partial charge in [-0.05, 0) is 6.92 Å². The number of nitrogens with zero attached hydrogens (tertiary/aromatic N) is 2. The Morgan fingerprint density at radius 3 is 2.67 bits per heavy atom. The maximum Gasteiger partial charge on any atom is 0.354 e. The molecule has 0 saturated carbocycles. The van der Waals surface area contributed by atoms with Gasteiger partial charge in [-0.15, -0.1) is 0 Å². The van der Waals surface area contributed by atoms with E-state index < -0.39 is 5.97 Å². The molecule has 12 heavy (non-hydrogen) atoms. The molecule has 0 amide bonds. The Labute approximate surface area is 68.3 Å². The fourth-order valence-corrected chi connectivity index (χ4v) is 0.764. The number of aryl methyl sites for hydroxylation is 1. The zero-order chi connectivity index (χ0) is 9.30. The summed E-state index contributed by atoms with van der Waals surface area (Å²) < 4.78 is 1.28. The molecule has 5 heteroatoms. The van der Waals surface area contributed by atoms with Crippen LogP contribution in [0.15, 0.2) is 10.9 Å². The molecule has 0 radical (unpaired) electrons. The highest BCUT2D eigenvalue weighted by atomic mass is 16.4. The first-order valence-corrected chi connectivity index (χ1v) is 3.30. The van der Waals surface area contributed by atoms with Crippen molar-refractivity contribution in [2.45, 2.75) is 6.92 Å². The quantitative estimate of drug-likeness (QED) is 0.629. The highest BCUT2D eigenvalue weighted by Crippen LogP contribution is 1.92. The second kappa shape index (κ2) is 2.77. The van der Waals surface area contributed by atoms with Crippen LogP contribution in [0, 0.1) is 6.92 Å². The third-order valence-corrected chi connectivity index (χ3v) is 1.58. The van der Waals surface area contributed by atoms with Crippen molar-refractivity contribution in [2.24, 2.45) is 7.05 Å². The molecule has 1 N–H and O–H groups in total. The molecule has 0 bridgehead atoms. The van der Waals surface area contributed by atoms with E-state index in [-0.39, 0.29) is 11.3 Å². The Hall–Kier alpha value is -1.65. The third-order valence-electron chi connectivity index (χ3n) is 1.58. The first-order chi connectivity index (χ1) is 5.52. The van der Waals surface area contributed by atoms with Gasteiger partial charge in [0.15, 0.2) is 5.69 Å². The standard InChI is InChI=1S/C7H8N2O3/c1-4-8-5(7(11)12)3-6(10)9(4)2/h3H,1-2H3,(H,11,12). The molecule has 1 aromatic heterocycles. The summed E-state index contributed by atoms with van der Waals surface area (Å²) in [5.74, 6) is -0.796. The van der Waals surface area contributed by atoms with Crippen molar-refractivity contribution in [1.29, 1.82) is 0 Å². The molecule has 0 aliphatic rings. The Morgan fingerprint density at radius 2 is 2.25 bits per heavy atom. The molecule has 5 nitrogen and oxygen atoms in total. The topological polar surface area (TPSA) is 72.2 Å². The molecule has 0 aliphatic heterocycles. The number of carbonyl (C=O) groups is 1. The zero-order valence-electron chi connectivity index (χ0n) is 6.74. The Morgan fingerprint density at radius 1 is 1.67 bits per heavy atom. The van der Waals surface area contributed by atoms with Crippen LogP contribution in [-0.4, -0.2) is 20.6 Å². The van der Waals surface area contributed by atoms with Gasteiger partial charge in [0.2, 0.25) is 0 Å². The summed E-state index contributed by atoms with van der Waals surface area (Å²) in [5.41, 5.74) is -0.574. The lowest BCUT2D eigenvalue weighted by atomic mass is 10.4. The van der Waals surface area contributed by atoms with Crippen molar-refractivity contribution in [1.82, 2.24) is 9.55 Å². The molecule has 0 aromatic carbocycles. The van der Waals surface area contributed by atoms with Crippen molar-refractivity contribution in [3.05, 3.63) is 27.9 Å². The van der Waals surface area contributed by atoms with Crippen LogP contribution in [0.4, 0.5) is 0 Å². The summed E-state index contributed by atoms with van der Waals surface area (Å²) in [6.07, 6.45) is 0. The Balaban J connectivity index is 3.41. The van der Waals surface area contributed by atoms with E-state index in [1.54, 1.807) is 6.92 Å². The van der Waals surface area contributed by atoms with E-state index in [1.165, 1.54) is 11.6 Å². The van der Waals surface area contributed by atoms with Crippen LogP contribution in [0.1, 0.15) is 16.3 Å². The van der Waals surface area contributed by atoms with Crippen molar-refractivity contribution < 1.29 is 9.90 Å². The Bertz CT molecular complexity index is 381. The number of rotatable bonds is 1. The van der Waals surface area contributed by atoms with Gasteiger partial charge in [0, 0.05) is 13.1 Å². The highest BCUT2D eigenvalue weighted by Gasteiger charge is 2.07. The predicted molar refractivity (Wildman–Crippen MR) is 41.2 cm³/mol.